The van der Waals surface area contributed by atoms with E-state index < -0.39 is 12.6 Å². The molecule has 2 rings (SSSR count). The summed E-state index contributed by atoms with van der Waals surface area (Å²) in [6.07, 6.45) is 3.11. The highest BCUT2D eigenvalue weighted by atomic mass is 19.1. The largest absolute Gasteiger partial charge is 0.478 e. The Morgan fingerprint density at radius 3 is 2.63 bits per heavy atom. The van der Waals surface area contributed by atoms with E-state index in [2.05, 4.69) is 11.9 Å². The van der Waals surface area contributed by atoms with Crippen molar-refractivity contribution in [2.45, 2.75) is 25.9 Å². The number of aromatic carboxylic acids is 1. The zero-order chi connectivity index (χ0) is 13.8. The molecule has 0 unspecified atom stereocenters. The molecule has 3 nitrogen and oxygen atoms in total. The first-order chi connectivity index (χ1) is 9.10. The van der Waals surface area contributed by atoms with Crippen LogP contribution in [0.3, 0.4) is 0 Å². The van der Waals surface area contributed by atoms with Gasteiger partial charge in [-0.2, -0.15) is 0 Å². The summed E-state index contributed by atoms with van der Waals surface area (Å²) < 4.78 is 13.0. The van der Waals surface area contributed by atoms with Crippen LogP contribution in [0.5, 0.6) is 0 Å². The molecule has 0 atom stereocenters. The van der Waals surface area contributed by atoms with Gasteiger partial charge in [0.2, 0.25) is 0 Å². The lowest BCUT2D eigenvalue weighted by molar-refractivity contribution is 0.0696. The molecule has 0 bridgehead atoms. The second kappa shape index (κ2) is 6.15. The molecule has 0 aromatic heterocycles. The van der Waals surface area contributed by atoms with Gasteiger partial charge >= 0.3 is 5.97 Å². The summed E-state index contributed by atoms with van der Waals surface area (Å²) in [7, 11) is 2.12. The fraction of sp³-hybridized carbons (Fsp3) is 0.533. The van der Waals surface area contributed by atoms with Crippen molar-refractivity contribution in [1.82, 2.24) is 4.90 Å². The van der Waals surface area contributed by atoms with Crippen molar-refractivity contribution < 1.29 is 14.3 Å². The highest BCUT2D eigenvalue weighted by Gasteiger charge is 2.18. The third-order valence-corrected chi connectivity index (χ3v) is 3.94. The number of rotatable bonds is 4. The van der Waals surface area contributed by atoms with Crippen LogP contribution in [0.25, 0.3) is 0 Å². The number of hydrogen-bond donors (Lipinski definition) is 1. The minimum absolute atomic E-state index is 0.166. The van der Waals surface area contributed by atoms with E-state index in [-0.39, 0.29) is 5.56 Å². The Bertz CT molecular complexity index is 453. The first-order valence-electron chi connectivity index (χ1n) is 6.69. The number of nitrogens with zero attached hydrogens (tertiary/aromatic N) is 1. The molecule has 104 valence electrons. The van der Waals surface area contributed by atoms with Crippen LogP contribution in [0.1, 0.15) is 34.3 Å². The number of alkyl halides is 1. The monoisotopic (exact) mass is 265 g/mol. The highest BCUT2D eigenvalue weighted by molar-refractivity contribution is 5.87. The SMILES string of the molecule is CN1CCC(Cc2ccc(C(=O)O)cc2CF)CC1. The normalized spacial score (nSPS) is 17.6. The van der Waals surface area contributed by atoms with Gasteiger partial charge in [0.25, 0.3) is 0 Å². The molecule has 4 heteroatoms. The van der Waals surface area contributed by atoms with E-state index in [1.54, 1.807) is 12.1 Å². The molecule has 0 spiro atoms. The lowest BCUT2D eigenvalue weighted by atomic mass is 9.88. The lowest BCUT2D eigenvalue weighted by Gasteiger charge is -2.29. The fourth-order valence-corrected chi connectivity index (χ4v) is 2.66. The van der Waals surface area contributed by atoms with E-state index in [1.807, 2.05) is 0 Å². The lowest BCUT2D eigenvalue weighted by Crippen LogP contribution is -2.31. The van der Waals surface area contributed by atoms with Gasteiger partial charge in [-0.3, -0.25) is 0 Å². The summed E-state index contributed by atoms with van der Waals surface area (Å²) in [4.78, 5) is 13.2. The summed E-state index contributed by atoms with van der Waals surface area (Å²) in [5.41, 5.74) is 1.65. The number of carboxylic acid groups (broad SMARTS) is 1. The fourth-order valence-electron chi connectivity index (χ4n) is 2.66. The molecule has 1 saturated heterocycles. The molecule has 1 aromatic rings. The molecule has 1 aliphatic rings. The Hall–Kier alpha value is -1.42. The second-order valence-electron chi connectivity index (χ2n) is 5.37. The number of carboxylic acids is 1. The topological polar surface area (TPSA) is 40.5 Å². The maximum absolute atomic E-state index is 13.0. The molecule has 1 aliphatic heterocycles. The molecular formula is C15H20FNO2. The van der Waals surface area contributed by atoms with Gasteiger partial charge < -0.3 is 10.0 Å². The first-order valence-corrected chi connectivity index (χ1v) is 6.69. The Labute approximate surface area is 113 Å². The molecule has 1 aromatic carbocycles. The average Bonchev–Trinajstić information content (AvgIpc) is 2.41. The smallest absolute Gasteiger partial charge is 0.335 e. The maximum Gasteiger partial charge on any atom is 0.335 e. The Morgan fingerprint density at radius 2 is 2.05 bits per heavy atom. The Kier molecular flexibility index (Phi) is 4.53. The highest BCUT2D eigenvalue weighted by Crippen LogP contribution is 2.24. The number of hydrogen-bond acceptors (Lipinski definition) is 2. The van der Waals surface area contributed by atoms with Gasteiger partial charge in [0.1, 0.15) is 6.67 Å². The van der Waals surface area contributed by atoms with Gasteiger partial charge in [-0.05, 0) is 68.6 Å². The molecular weight excluding hydrogens is 245 g/mol. The van der Waals surface area contributed by atoms with Crippen molar-refractivity contribution in [3.05, 3.63) is 34.9 Å². The van der Waals surface area contributed by atoms with E-state index in [4.69, 9.17) is 5.11 Å². The third-order valence-electron chi connectivity index (χ3n) is 3.94. The minimum atomic E-state index is -0.999. The average molecular weight is 265 g/mol. The first kappa shape index (κ1) is 14.0. The van der Waals surface area contributed by atoms with Crippen molar-refractivity contribution in [2.75, 3.05) is 20.1 Å². The van der Waals surface area contributed by atoms with Crippen LogP contribution in [-0.2, 0) is 13.1 Å². The number of halogens is 1. The molecule has 0 amide bonds. The van der Waals surface area contributed by atoms with E-state index >= 15 is 0 Å². The van der Waals surface area contributed by atoms with Crippen LogP contribution in [0.4, 0.5) is 4.39 Å². The summed E-state index contributed by atoms with van der Waals surface area (Å²) in [5.74, 6) is -0.419. The van der Waals surface area contributed by atoms with Crippen molar-refractivity contribution in [2.24, 2.45) is 5.92 Å². The van der Waals surface area contributed by atoms with Crippen molar-refractivity contribution in [3.8, 4) is 0 Å². The van der Waals surface area contributed by atoms with Crippen LogP contribution in [0, 0.1) is 5.92 Å². The predicted molar refractivity (Wildman–Crippen MR) is 72.1 cm³/mol. The van der Waals surface area contributed by atoms with Crippen molar-refractivity contribution in [1.29, 1.82) is 0 Å². The Balaban J connectivity index is 2.09. The predicted octanol–water partition coefficient (Wildman–Crippen LogP) is 2.74. The zero-order valence-corrected chi connectivity index (χ0v) is 11.2. The second-order valence-corrected chi connectivity index (χ2v) is 5.37. The van der Waals surface area contributed by atoms with Crippen molar-refractivity contribution in [3.63, 3.8) is 0 Å². The van der Waals surface area contributed by atoms with E-state index in [0.29, 0.717) is 11.5 Å². The van der Waals surface area contributed by atoms with Gasteiger partial charge in [-0.1, -0.05) is 6.07 Å². The number of benzene rings is 1. The van der Waals surface area contributed by atoms with Gasteiger partial charge in [0.05, 0.1) is 5.56 Å². The molecule has 1 fully saturated rings. The summed E-state index contributed by atoms with van der Waals surface area (Å²) in [5, 5.41) is 8.92. The van der Waals surface area contributed by atoms with Crippen LogP contribution in [0.2, 0.25) is 0 Å². The van der Waals surface area contributed by atoms with E-state index in [1.165, 1.54) is 6.07 Å². The minimum Gasteiger partial charge on any atom is -0.478 e. The van der Waals surface area contributed by atoms with E-state index in [0.717, 1.165) is 37.9 Å². The van der Waals surface area contributed by atoms with Gasteiger partial charge in [-0.15, -0.1) is 0 Å². The van der Waals surface area contributed by atoms with Crippen LogP contribution in [0.15, 0.2) is 18.2 Å². The zero-order valence-electron chi connectivity index (χ0n) is 11.2. The molecule has 0 saturated carbocycles. The summed E-state index contributed by atoms with van der Waals surface area (Å²) in [6, 6.07) is 4.81. The number of carbonyl (C=O) groups is 1. The standard InChI is InChI=1S/C15H20FNO2/c1-17-6-4-11(5-7-17)8-12-2-3-13(15(18)19)9-14(12)10-16/h2-3,9,11H,4-8,10H2,1H3,(H,18,19). The summed E-state index contributed by atoms with van der Waals surface area (Å²) >= 11 is 0. The third kappa shape index (κ3) is 3.53. The molecule has 0 radical (unpaired) electrons. The van der Waals surface area contributed by atoms with Gasteiger partial charge in [0, 0.05) is 0 Å². The molecule has 19 heavy (non-hydrogen) atoms. The Morgan fingerprint density at radius 1 is 1.37 bits per heavy atom. The van der Waals surface area contributed by atoms with Crippen molar-refractivity contribution >= 4 is 5.97 Å². The van der Waals surface area contributed by atoms with E-state index in [9.17, 15) is 9.18 Å². The van der Waals surface area contributed by atoms with Crippen LogP contribution >= 0.6 is 0 Å². The number of piperidine rings is 1. The van der Waals surface area contributed by atoms with Crippen LogP contribution < -0.4 is 0 Å². The molecule has 1 N–H and O–H groups in total. The quantitative estimate of drug-likeness (QED) is 0.910. The van der Waals surface area contributed by atoms with Gasteiger partial charge in [-0.25, -0.2) is 9.18 Å². The maximum atomic E-state index is 13.0. The number of likely N-dealkylation sites (tertiary alicyclic amines) is 1. The molecule has 0 aliphatic carbocycles. The molecule has 1 heterocycles. The van der Waals surface area contributed by atoms with Crippen LogP contribution in [-0.4, -0.2) is 36.1 Å². The van der Waals surface area contributed by atoms with Gasteiger partial charge in [0.15, 0.2) is 0 Å². The summed E-state index contributed by atoms with van der Waals surface area (Å²) in [6.45, 7) is 1.58.